The number of benzene rings is 1. The summed E-state index contributed by atoms with van der Waals surface area (Å²) in [6, 6.07) is 4.20. The average Bonchev–Trinajstić information content (AvgIpc) is 3.03. The first-order chi connectivity index (χ1) is 16.2. The third kappa shape index (κ3) is 4.98. The fourth-order valence-electron chi connectivity index (χ4n) is 5.21. The van der Waals surface area contributed by atoms with Crippen LogP contribution in [-0.2, 0) is 19.6 Å². The van der Waals surface area contributed by atoms with Gasteiger partial charge in [-0.05, 0) is 50.3 Å². The van der Waals surface area contributed by atoms with Crippen LogP contribution in [0.4, 0.5) is 10.5 Å². The second-order valence-electron chi connectivity index (χ2n) is 9.66. The second-order valence-corrected chi connectivity index (χ2v) is 11.6. The van der Waals surface area contributed by atoms with Gasteiger partial charge in [-0.2, -0.15) is 4.31 Å². The van der Waals surface area contributed by atoms with Crippen molar-refractivity contribution in [1.82, 2.24) is 14.5 Å². The first kappa shape index (κ1) is 24.7. The Hall–Kier alpha value is -2.46. The van der Waals surface area contributed by atoms with Gasteiger partial charge in [0.2, 0.25) is 15.9 Å². The summed E-state index contributed by atoms with van der Waals surface area (Å²) in [5.41, 5.74) is 0.0138. The molecule has 2 heterocycles. The fraction of sp³-hybridized carbons (Fsp3) is 0.625. The summed E-state index contributed by atoms with van der Waals surface area (Å²) in [6.07, 6.45) is 8.79. The zero-order chi connectivity index (χ0) is 24.3. The van der Waals surface area contributed by atoms with E-state index in [1.165, 1.54) is 10.4 Å². The van der Waals surface area contributed by atoms with Gasteiger partial charge in [-0.25, -0.2) is 13.2 Å². The van der Waals surface area contributed by atoms with Crippen molar-refractivity contribution in [1.29, 1.82) is 0 Å². The molecule has 1 saturated carbocycles. The summed E-state index contributed by atoms with van der Waals surface area (Å²) < 4.78 is 27.8. The van der Waals surface area contributed by atoms with Crippen molar-refractivity contribution in [2.45, 2.75) is 81.6 Å². The van der Waals surface area contributed by atoms with Crippen molar-refractivity contribution in [3.05, 3.63) is 23.8 Å². The van der Waals surface area contributed by atoms with Crippen LogP contribution >= 0.6 is 0 Å². The van der Waals surface area contributed by atoms with Gasteiger partial charge in [-0.3, -0.25) is 14.5 Å². The van der Waals surface area contributed by atoms with Crippen LogP contribution in [0.2, 0.25) is 0 Å². The summed E-state index contributed by atoms with van der Waals surface area (Å²) in [4.78, 5) is 39.6. The molecule has 0 bridgehead atoms. The Balaban J connectivity index is 1.45. The summed E-state index contributed by atoms with van der Waals surface area (Å²) in [5, 5.41) is 5.52. The smallest absolute Gasteiger partial charge is 0.324 e. The molecule has 0 radical (unpaired) electrons. The maximum Gasteiger partial charge on any atom is 0.325 e. The molecule has 4 amide bonds. The molecule has 4 rings (SSSR count). The molecule has 2 saturated heterocycles. The zero-order valence-electron chi connectivity index (χ0n) is 19.8. The van der Waals surface area contributed by atoms with Crippen LogP contribution in [0.3, 0.4) is 0 Å². The fourth-order valence-corrected chi connectivity index (χ4v) is 6.98. The number of rotatable bonds is 5. The standard InChI is InChI=1S/C24H34N4O5S/c1-18-10-11-19(16-20(18)34(32,33)27-14-8-5-9-15-27)25-21(29)17-28-22(30)24(26-23(28)31)12-6-3-2-4-7-13-24/h10-11,16H,2-9,12-15,17H2,1H3,(H,25,29)(H,26,31). The Bertz CT molecular complexity index is 1060. The predicted octanol–water partition coefficient (Wildman–Crippen LogP) is 3.14. The largest absolute Gasteiger partial charge is 0.325 e. The molecule has 9 nitrogen and oxygen atoms in total. The summed E-state index contributed by atoms with van der Waals surface area (Å²) in [5.74, 6) is -0.886. The number of carbonyl (C=O) groups excluding carboxylic acids is 3. The number of nitrogens with zero attached hydrogens (tertiary/aromatic N) is 2. The molecule has 0 aromatic heterocycles. The van der Waals surface area contributed by atoms with E-state index < -0.39 is 34.0 Å². The molecule has 0 atom stereocenters. The third-order valence-electron chi connectivity index (χ3n) is 7.16. The van der Waals surface area contributed by atoms with Gasteiger partial charge in [0.25, 0.3) is 5.91 Å². The lowest BCUT2D eigenvalue weighted by Gasteiger charge is -2.28. The number of piperidine rings is 1. The van der Waals surface area contributed by atoms with Crippen LogP contribution in [0.5, 0.6) is 0 Å². The van der Waals surface area contributed by atoms with E-state index in [1.54, 1.807) is 19.1 Å². The number of amides is 4. The molecule has 3 aliphatic rings. The normalized spacial score (nSPS) is 21.7. The molecule has 2 aliphatic heterocycles. The van der Waals surface area contributed by atoms with Gasteiger partial charge < -0.3 is 10.6 Å². The Morgan fingerprint density at radius 2 is 1.62 bits per heavy atom. The monoisotopic (exact) mass is 490 g/mol. The van der Waals surface area contributed by atoms with E-state index in [2.05, 4.69) is 10.6 Å². The minimum atomic E-state index is -3.66. The molecule has 1 aromatic rings. The van der Waals surface area contributed by atoms with E-state index >= 15 is 0 Å². The molecule has 1 spiro atoms. The van der Waals surface area contributed by atoms with Crippen molar-refractivity contribution < 1.29 is 22.8 Å². The molecule has 10 heteroatoms. The molecule has 1 aromatic carbocycles. The number of carbonyl (C=O) groups is 3. The second kappa shape index (κ2) is 10.0. The summed E-state index contributed by atoms with van der Waals surface area (Å²) in [7, 11) is -3.66. The van der Waals surface area contributed by atoms with E-state index in [-0.39, 0.29) is 10.8 Å². The predicted molar refractivity (Wildman–Crippen MR) is 128 cm³/mol. The minimum Gasteiger partial charge on any atom is -0.324 e. The first-order valence-electron chi connectivity index (χ1n) is 12.3. The van der Waals surface area contributed by atoms with Crippen LogP contribution < -0.4 is 10.6 Å². The van der Waals surface area contributed by atoms with Crippen molar-refractivity contribution in [3.8, 4) is 0 Å². The maximum atomic E-state index is 13.1. The van der Waals surface area contributed by atoms with Crippen LogP contribution in [0, 0.1) is 6.92 Å². The first-order valence-corrected chi connectivity index (χ1v) is 13.7. The zero-order valence-corrected chi connectivity index (χ0v) is 20.6. The highest BCUT2D eigenvalue weighted by molar-refractivity contribution is 7.89. The van der Waals surface area contributed by atoms with Crippen molar-refractivity contribution >= 4 is 33.6 Å². The Kier molecular flexibility index (Phi) is 7.28. The van der Waals surface area contributed by atoms with Crippen molar-refractivity contribution in [2.75, 3.05) is 25.0 Å². The number of urea groups is 1. The number of imide groups is 1. The number of aryl methyl sites for hydroxylation is 1. The minimum absolute atomic E-state index is 0.163. The number of hydrogen-bond acceptors (Lipinski definition) is 5. The van der Waals surface area contributed by atoms with Crippen LogP contribution in [0.25, 0.3) is 0 Å². The van der Waals surface area contributed by atoms with E-state index in [0.29, 0.717) is 37.2 Å². The van der Waals surface area contributed by atoms with Crippen LogP contribution in [0.15, 0.2) is 23.1 Å². The van der Waals surface area contributed by atoms with Crippen molar-refractivity contribution in [3.63, 3.8) is 0 Å². The molecule has 186 valence electrons. The van der Waals surface area contributed by atoms with E-state index in [1.807, 2.05) is 0 Å². The quantitative estimate of drug-likeness (QED) is 0.615. The molecule has 1 aliphatic carbocycles. The Morgan fingerprint density at radius 1 is 1.00 bits per heavy atom. The maximum absolute atomic E-state index is 13.1. The molecule has 2 N–H and O–H groups in total. The van der Waals surface area contributed by atoms with Gasteiger partial charge in [0.1, 0.15) is 12.1 Å². The Labute approximate surface area is 201 Å². The third-order valence-corrected chi connectivity index (χ3v) is 9.20. The summed E-state index contributed by atoms with van der Waals surface area (Å²) in [6.45, 7) is 2.30. The van der Waals surface area contributed by atoms with Gasteiger partial charge in [0, 0.05) is 18.8 Å². The van der Waals surface area contributed by atoms with Gasteiger partial charge in [-0.15, -0.1) is 0 Å². The molecule has 3 fully saturated rings. The highest BCUT2D eigenvalue weighted by Gasteiger charge is 2.50. The SMILES string of the molecule is Cc1ccc(NC(=O)CN2C(=O)NC3(CCCCCCC3)C2=O)cc1S(=O)(=O)N1CCCCC1. The van der Waals surface area contributed by atoms with Crippen molar-refractivity contribution in [2.24, 2.45) is 0 Å². The molecular weight excluding hydrogens is 456 g/mol. The molecule has 34 heavy (non-hydrogen) atoms. The van der Waals surface area contributed by atoms with Gasteiger partial charge in [-0.1, -0.05) is 44.6 Å². The van der Waals surface area contributed by atoms with Gasteiger partial charge >= 0.3 is 6.03 Å². The number of sulfonamides is 1. The highest BCUT2D eigenvalue weighted by Crippen LogP contribution is 2.32. The van der Waals surface area contributed by atoms with E-state index in [0.717, 1.165) is 56.3 Å². The lowest BCUT2D eigenvalue weighted by Crippen LogP contribution is -2.47. The van der Waals surface area contributed by atoms with E-state index in [9.17, 15) is 22.8 Å². The molecular formula is C24H34N4O5S. The topological polar surface area (TPSA) is 116 Å². The number of nitrogens with one attached hydrogen (secondary N) is 2. The number of anilines is 1. The van der Waals surface area contributed by atoms with Gasteiger partial charge in [0.05, 0.1) is 4.90 Å². The average molecular weight is 491 g/mol. The van der Waals surface area contributed by atoms with Gasteiger partial charge in [0.15, 0.2) is 0 Å². The molecule has 0 unspecified atom stereocenters. The highest BCUT2D eigenvalue weighted by atomic mass is 32.2. The Morgan fingerprint density at radius 3 is 2.29 bits per heavy atom. The lowest BCUT2D eigenvalue weighted by molar-refractivity contribution is -0.134. The van der Waals surface area contributed by atoms with E-state index in [4.69, 9.17) is 0 Å². The lowest BCUT2D eigenvalue weighted by atomic mass is 9.84. The van der Waals surface area contributed by atoms with Crippen LogP contribution in [0.1, 0.15) is 69.8 Å². The van der Waals surface area contributed by atoms with Crippen LogP contribution in [-0.4, -0.2) is 60.6 Å². The summed E-state index contributed by atoms with van der Waals surface area (Å²) >= 11 is 0. The number of hydrogen-bond donors (Lipinski definition) is 2.